The van der Waals surface area contributed by atoms with Gasteiger partial charge < -0.3 is 14.6 Å². The normalized spacial score (nSPS) is 15.1. The van der Waals surface area contributed by atoms with E-state index in [2.05, 4.69) is 39.9 Å². The number of nitrogens with zero attached hydrogens (tertiary/aromatic N) is 3. The van der Waals surface area contributed by atoms with E-state index in [1.54, 1.807) is 0 Å². The molecule has 0 amide bonds. The highest BCUT2D eigenvalue weighted by atomic mass is 15.2. The first-order chi connectivity index (χ1) is 9.33. The maximum atomic E-state index is 4.83. The van der Waals surface area contributed by atoms with Crippen molar-refractivity contribution in [1.82, 2.24) is 14.7 Å². The van der Waals surface area contributed by atoms with Gasteiger partial charge in [-0.25, -0.2) is 4.98 Å². The van der Waals surface area contributed by atoms with E-state index in [4.69, 9.17) is 4.98 Å². The Hall–Kier alpha value is -1.55. The average Bonchev–Trinajstić information content (AvgIpc) is 3.19. The summed E-state index contributed by atoms with van der Waals surface area (Å²) in [6, 6.07) is 6.19. The zero-order chi connectivity index (χ0) is 13.2. The van der Waals surface area contributed by atoms with Gasteiger partial charge in [-0.05, 0) is 44.9 Å². The Morgan fingerprint density at radius 2 is 2.26 bits per heavy atom. The minimum Gasteiger partial charge on any atom is -0.355 e. The fourth-order valence-corrected chi connectivity index (χ4v) is 2.60. The molecule has 0 atom stereocenters. The Morgan fingerprint density at radius 1 is 1.42 bits per heavy atom. The van der Waals surface area contributed by atoms with Crippen molar-refractivity contribution in [2.24, 2.45) is 5.92 Å². The first-order valence-electron chi connectivity index (χ1n) is 7.19. The van der Waals surface area contributed by atoms with Gasteiger partial charge in [0.15, 0.2) is 5.82 Å². The second-order valence-corrected chi connectivity index (χ2v) is 5.32. The molecule has 102 valence electrons. The van der Waals surface area contributed by atoms with Crippen molar-refractivity contribution in [2.45, 2.75) is 26.3 Å². The van der Waals surface area contributed by atoms with Crippen LogP contribution >= 0.6 is 0 Å². The zero-order valence-electron chi connectivity index (χ0n) is 11.8. The second-order valence-electron chi connectivity index (χ2n) is 5.32. The fourth-order valence-electron chi connectivity index (χ4n) is 2.60. The van der Waals surface area contributed by atoms with Gasteiger partial charge in [0.2, 0.25) is 0 Å². The molecular weight excluding hydrogens is 236 g/mol. The molecule has 0 bridgehead atoms. The highest BCUT2D eigenvalue weighted by molar-refractivity contribution is 5.56. The molecule has 0 aromatic carbocycles. The highest BCUT2D eigenvalue weighted by Crippen LogP contribution is 2.32. The molecule has 0 saturated heterocycles. The van der Waals surface area contributed by atoms with Crippen LogP contribution in [0.2, 0.25) is 0 Å². The van der Waals surface area contributed by atoms with E-state index in [0.717, 1.165) is 37.0 Å². The van der Waals surface area contributed by atoms with Crippen molar-refractivity contribution in [2.75, 3.05) is 25.0 Å². The van der Waals surface area contributed by atoms with Crippen LogP contribution in [-0.4, -0.2) is 29.5 Å². The van der Waals surface area contributed by atoms with Gasteiger partial charge in [-0.2, -0.15) is 0 Å². The van der Waals surface area contributed by atoms with Gasteiger partial charge in [-0.3, -0.25) is 0 Å². The van der Waals surface area contributed by atoms with E-state index < -0.39 is 0 Å². The zero-order valence-corrected chi connectivity index (χ0v) is 11.8. The third-order valence-electron chi connectivity index (χ3n) is 3.81. The van der Waals surface area contributed by atoms with Crippen molar-refractivity contribution < 1.29 is 0 Å². The van der Waals surface area contributed by atoms with E-state index in [1.165, 1.54) is 18.5 Å². The summed E-state index contributed by atoms with van der Waals surface area (Å²) in [4.78, 5) is 7.26. The fraction of sp³-hybridized carbons (Fsp3) is 0.533. The van der Waals surface area contributed by atoms with E-state index in [-0.39, 0.29) is 0 Å². The van der Waals surface area contributed by atoms with E-state index in [0.29, 0.717) is 0 Å². The number of pyridine rings is 1. The molecule has 0 unspecified atom stereocenters. The third-order valence-corrected chi connectivity index (χ3v) is 3.81. The van der Waals surface area contributed by atoms with Crippen LogP contribution < -0.4 is 10.2 Å². The summed E-state index contributed by atoms with van der Waals surface area (Å²) >= 11 is 0. The summed E-state index contributed by atoms with van der Waals surface area (Å²) in [6.45, 7) is 5.24. The largest absolute Gasteiger partial charge is 0.355 e. The number of hydrogen-bond donors (Lipinski definition) is 1. The molecule has 4 nitrogen and oxygen atoms in total. The molecule has 1 fully saturated rings. The van der Waals surface area contributed by atoms with Crippen molar-refractivity contribution in [3.8, 4) is 0 Å². The van der Waals surface area contributed by atoms with E-state index in [9.17, 15) is 0 Å². The Kier molecular flexibility index (Phi) is 3.42. The molecule has 1 aliphatic carbocycles. The molecule has 2 heterocycles. The molecule has 1 N–H and O–H groups in total. The molecular formula is C15H22N4. The lowest BCUT2D eigenvalue weighted by Crippen LogP contribution is -2.27. The van der Waals surface area contributed by atoms with Crippen LogP contribution in [0.15, 0.2) is 24.4 Å². The third kappa shape index (κ3) is 2.45. The van der Waals surface area contributed by atoms with E-state index >= 15 is 0 Å². The Labute approximate surface area is 114 Å². The van der Waals surface area contributed by atoms with Gasteiger partial charge in [0, 0.05) is 25.8 Å². The second kappa shape index (κ2) is 5.21. The first kappa shape index (κ1) is 12.5. The molecule has 0 radical (unpaired) electrons. The molecule has 19 heavy (non-hydrogen) atoms. The van der Waals surface area contributed by atoms with Gasteiger partial charge in [0.25, 0.3) is 0 Å². The van der Waals surface area contributed by atoms with Crippen molar-refractivity contribution in [3.05, 3.63) is 30.1 Å². The number of imidazole rings is 1. The number of aromatic nitrogens is 2. The van der Waals surface area contributed by atoms with Gasteiger partial charge in [-0.15, -0.1) is 0 Å². The minimum absolute atomic E-state index is 0.849. The number of hydrogen-bond acceptors (Lipinski definition) is 3. The topological polar surface area (TPSA) is 32.6 Å². The van der Waals surface area contributed by atoms with Gasteiger partial charge in [-0.1, -0.05) is 6.07 Å². The Bertz CT molecular complexity index is 556. The van der Waals surface area contributed by atoms with Crippen LogP contribution in [0.5, 0.6) is 0 Å². The molecule has 2 aromatic rings. The lowest BCUT2D eigenvalue weighted by atomic mass is 10.3. The summed E-state index contributed by atoms with van der Waals surface area (Å²) in [7, 11) is 1.99. The minimum atomic E-state index is 0.849. The Morgan fingerprint density at radius 3 is 2.95 bits per heavy atom. The van der Waals surface area contributed by atoms with Gasteiger partial charge >= 0.3 is 0 Å². The lowest BCUT2D eigenvalue weighted by Gasteiger charge is -2.21. The predicted molar refractivity (Wildman–Crippen MR) is 78.6 cm³/mol. The van der Waals surface area contributed by atoms with Crippen molar-refractivity contribution in [1.29, 1.82) is 0 Å². The summed E-state index contributed by atoms with van der Waals surface area (Å²) in [5.41, 5.74) is 2.30. The molecule has 1 aliphatic rings. The molecule has 1 saturated carbocycles. The number of nitrogens with one attached hydrogen (secondary N) is 1. The number of fused-ring (bicyclic) bond motifs is 1. The number of rotatable bonds is 6. The SMILES string of the molecule is CCN(CC1CC1)c1nc2ccccn2c1CNC. The van der Waals surface area contributed by atoms with Crippen LogP contribution in [-0.2, 0) is 6.54 Å². The van der Waals surface area contributed by atoms with Crippen molar-refractivity contribution >= 4 is 11.5 Å². The maximum Gasteiger partial charge on any atom is 0.152 e. The molecule has 0 spiro atoms. The van der Waals surface area contributed by atoms with E-state index in [1.807, 2.05) is 13.1 Å². The quantitative estimate of drug-likeness (QED) is 0.863. The van der Waals surface area contributed by atoms with Gasteiger partial charge in [0.1, 0.15) is 5.65 Å². The molecule has 4 heteroatoms. The molecule has 2 aromatic heterocycles. The molecule has 3 rings (SSSR count). The smallest absolute Gasteiger partial charge is 0.152 e. The van der Waals surface area contributed by atoms with Crippen LogP contribution in [0.3, 0.4) is 0 Å². The average molecular weight is 258 g/mol. The highest BCUT2D eigenvalue weighted by Gasteiger charge is 2.26. The van der Waals surface area contributed by atoms with Crippen LogP contribution in [0.25, 0.3) is 5.65 Å². The molecule has 0 aliphatic heterocycles. The van der Waals surface area contributed by atoms with Crippen LogP contribution in [0.1, 0.15) is 25.5 Å². The van der Waals surface area contributed by atoms with Crippen molar-refractivity contribution in [3.63, 3.8) is 0 Å². The lowest BCUT2D eigenvalue weighted by molar-refractivity contribution is 0.716. The van der Waals surface area contributed by atoms with Crippen LogP contribution in [0.4, 0.5) is 5.82 Å². The van der Waals surface area contributed by atoms with Crippen LogP contribution in [0, 0.1) is 5.92 Å². The number of anilines is 1. The Balaban J connectivity index is 2.01. The summed E-state index contributed by atoms with van der Waals surface area (Å²) in [5.74, 6) is 2.03. The van der Waals surface area contributed by atoms with Gasteiger partial charge in [0.05, 0.1) is 5.69 Å². The standard InChI is InChI=1S/C15H22N4/c1-3-18(11-12-7-8-12)15-13(10-16-2)19-9-5-4-6-14(19)17-15/h4-6,9,12,16H,3,7-8,10-11H2,1-2H3. The predicted octanol–water partition coefficient (Wildman–Crippen LogP) is 2.29. The summed E-state index contributed by atoms with van der Waals surface area (Å²) in [5, 5.41) is 3.26. The summed E-state index contributed by atoms with van der Waals surface area (Å²) < 4.78 is 2.20. The monoisotopic (exact) mass is 258 g/mol. The first-order valence-corrected chi connectivity index (χ1v) is 7.19. The maximum absolute atomic E-state index is 4.83. The summed E-state index contributed by atoms with van der Waals surface area (Å²) in [6.07, 6.45) is 4.86.